The van der Waals surface area contributed by atoms with Crippen molar-refractivity contribution in [2.45, 2.75) is 6.04 Å². The maximum Gasteiger partial charge on any atom is 0.247 e. The van der Waals surface area contributed by atoms with E-state index in [1.54, 1.807) is 40.9 Å². The molecule has 7 heteroatoms. The van der Waals surface area contributed by atoms with E-state index in [0.717, 1.165) is 30.2 Å². The van der Waals surface area contributed by atoms with E-state index in [0.29, 0.717) is 16.7 Å². The molecule has 0 aliphatic carbocycles. The third-order valence-electron chi connectivity index (χ3n) is 4.06. The molecule has 0 aromatic heterocycles. The fraction of sp³-hybridized carbons (Fsp3) is 0.412. The molecule has 2 heterocycles. The van der Waals surface area contributed by atoms with E-state index in [9.17, 15) is 9.59 Å². The number of nitrogens with zero attached hydrogens (tertiary/aromatic N) is 2. The van der Waals surface area contributed by atoms with E-state index in [4.69, 9.17) is 11.6 Å². The standard InChI is InChI=1S/C17H19ClN2O2S2/c18-14-4-1-13(2-5-14)3-6-16(21)20-12-24-11-15(20)17(22)19-7-9-23-10-8-19/h1-6,15H,7-12H2/b6-3+. The SMILES string of the molecule is O=C(C1CSCN1C(=O)/C=C/c1ccc(Cl)cc1)N1CCSCC1. The Labute approximate surface area is 155 Å². The predicted molar refractivity (Wildman–Crippen MR) is 102 cm³/mol. The minimum Gasteiger partial charge on any atom is -0.339 e. The molecule has 2 aliphatic heterocycles. The van der Waals surface area contributed by atoms with Crippen LogP contribution in [0.5, 0.6) is 0 Å². The van der Waals surface area contributed by atoms with Crippen LogP contribution in [-0.4, -0.2) is 63.9 Å². The molecule has 24 heavy (non-hydrogen) atoms. The maximum atomic E-state index is 12.7. The van der Waals surface area contributed by atoms with E-state index in [1.807, 2.05) is 28.8 Å². The lowest BCUT2D eigenvalue weighted by molar-refractivity contribution is -0.140. The summed E-state index contributed by atoms with van der Waals surface area (Å²) in [5, 5.41) is 0.666. The molecule has 1 unspecified atom stereocenters. The van der Waals surface area contributed by atoms with Crippen LogP contribution in [0.25, 0.3) is 6.08 Å². The fourth-order valence-electron chi connectivity index (χ4n) is 2.70. The van der Waals surface area contributed by atoms with E-state index in [1.165, 1.54) is 0 Å². The van der Waals surface area contributed by atoms with Crippen LogP contribution >= 0.6 is 35.1 Å². The molecule has 0 spiro atoms. The minimum atomic E-state index is -0.333. The van der Waals surface area contributed by atoms with Crippen LogP contribution in [0.3, 0.4) is 0 Å². The van der Waals surface area contributed by atoms with Crippen molar-refractivity contribution in [2.75, 3.05) is 36.2 Å². The lowest BCUT2D eigenvalue weighted by atomic mass is 10.2. The highest BCUT2D eigenvalue weighted by molar-refractivity contribution is 7.99. The zero-order valence-electron chi connectivity index (χ0n) is 13.2. The monoisotopic (exact) mass is 382 g/mol. The van der Waals surface area contributed by atoms with Gasteiger partial charge in [0.15, 0.2) is 0 Å². The van der Waals surface area contributed by atoms with Crippen molar-refractivity contribution in [3.05, 3.63) is 40.9 Å². The molecule has 0 saturated carbocycles. The summed E-state index contributed by atoms with van der Waals surface area (Å²) >= 11 is 9.37. The first kappa shape index (κ1) is 17.7. The molecule has 1 aromatic carbocycles. The minimum absolute atomic E-state index is 0.0912. The highest BCUT2D eigenvalue weighted by Crippen LogP contribution is 2.24. The molecule has 2 aliphatic rings. The summed E-state index contributed by atoms with van der Waals surface area (Å²) in [6.45, 7) is 1.57. The topological polar surface area (TPSA) is 40.6 Å². The molecule has 1 atom stereocenters. The van der Waals surface area contributed by atoms with Crippen LogP contribution < -0.4 is 0 Å². The number of rotatable bonds is 3. The molecule has 0 bridgehead atoms. The zero-order chi connectivity index (χ0) is 16.9. The molecule has 0 radical (unpaired) electrons. The van der Waals surface area contributed by atoms with Gasteiger partial charge in [-0.2, -0.15) is 11.8 Å². The summed E-state index contributed by atoms with van der Waals surface area (Å²) in [4.78, 5) is 28.8. The lowest BCUT2D eigenvalue weighted by Gasteiger charge is -2.31. The molecule has 3 rings (SSSR count). The van der Waals surface area contributed by atoms with Gasteiger partial charge in [0.1, 0.15) is 6.04 Å². The van der Waals surface area contributed by atoms with Crippen LogP contribution in [0, 0.1) is 0 Å². The molecular formula is C17H19ClN2O2S2. The van der Waals surface area contributed by atoms with Gasteiger partial charge in [0, 0.05) is 41.4 Å². The third-order valence-corrected chi connectivity index (χ3v) is 6.27. The van der Waals surface area contributed by atoms with Gasteiger partial charge < -0.3 is 9.80 Å². The van der Waals surface area contributed by atoms with E-state index in [2.05, 4.69) is 0 Å². The van der Waals surface area contributed by atoms with Gasteiger partial charge in [0.25, 0.3) is 0 Å². The van der Waals surface area contributed by atoms with Gasteiger partial charge in [-0.3, -0.25) is 9.59 Å². The van der Waals surface area contributed by atoms with Crippen LogP contribution in [0.15, 0.2) is 30.3 Å². The summed E-state index contributed by atoms with van der Waals surface area (Å²) in [6, 6.07) is 6.97. The van der Waals surface area contributed by atoms with Gasteiger partial charge in [-0.1, -0.05) is 23.7 Å². The van der Waals surface area contributed by atoms with Gasteiger partial charge >= 0.3 is 0 Å². The second kappa shape index (κ2) is 8.32. The van der Waals surface area contributed by atoms with Crippen molar-refractivity contribution >= 4 is 53.0 Å². The molecule has 0 N–H and O–H groups in total. The van der Waals surface area contributed by atoms with Crippen LogP contribution in [0.1, 0.15) is 5.56 Å². The fourth-order valence-corrected chi connectivity index (χ4v) is 4.88. The van der Waals surface area contributed by atoms with Crippen LogP contribution in [0.4, 0.5) is 0 Å². The van der Waals surface area contributed by atoms with E-state index in [-0.39, 0.29) is 17.9 Å². The number of benzene rings is 1. The number of halogens is 1. The summed E-state index contributed by atoms with van der Waals surface area (Å²) in [6.07, 6.45) is 3.31. The molecule has 2 fully saturated rings. The molecular weight excluding hydrogens is 364 g/mol. The number of carbonyl (C=O) groups excluding carboxylic acids is 2. The number of thioether (sulfide) groups is 2. The van der Waals surface area contributed by atoms with Crippen molar-refractivity contribution in [2.24, 2.45) is 0 Å². The summed E-state index contributed by atoms with van der Waals surface area (Å²) in [5.74, 6) is 3.20. The zero-order valence-corrected chi connectivity index (χ0v) is 15.6. The number of amides is 2. The first-order valence-corrected chi connectivity index (χ1v) is 10.5. The van der Waals surface area contributed by atoms with Crippen LogP contribution in [-0.2, 0) is 9.59 Å². The Morgan fingerprint density at radius 3 is 2.54 bits per heavy atom. The smallest absolute Gasteiger partial charge is 0.247 e. The van der Waals surface area contributed by atoms with Crippen molar-refractivity contribution in [1.29, 1.82) is 0 Å². The Bertz CT molecular complexity index is 630. The van der Waals surface area contributed by atoms with Gasteiger partial charge in [0.05, 0.1) is 5.88 Å². The maximum absolute atomic E-state index is 12.7. The summed E-state index contributed by atoms with van der Waals surface area (Å²) < 4.78 is 0. The van der Waals surface area contributed by atoms with Crippen molar-refractivity contribution in [1.82, 2.24) is 9.80 Å². The van der Waals surface area contributed by atoms with Gasteiger partial charge in [-0.05, 0) is 23.8 Å². The molecule has 2 amide bonds. The first-order valence-electron chi connectivity index (χ1n) is 7.84. The normalized spacial score (nSPS) is 21.5. The molecule has 128 valence electrons. The average Bonchev–Trinajstić information content (AvgIpc) is 3.11. The highest BCUT2D eigenvalue weighted by Gasteiger charge is 2.36. The van der Waals surface area contributed by atoms with E-state index < -0.39 is 0 Å². The van der Waals surface area contributed by atoms with Gasteiger partial charge in [-0.25, -0.2) is 0 Å². The third kappa shape index (κ3) is 4.29. The van der Waals surface area contributed by atoms with Gasteiger partial charge in [0.2, 0.25) is 11.8 Å². The second-order valence-corrected chi connectivity index (χ2v) is 8.31. The Kier molecular flexibility index (Phi) is 6.14. The summed E-state index contributed by atoms with van der Waals surface area (Å²) in [5.41, 5.74) is 0.913. The molecule has 4 nitrogen and oxygen atoms in total. The highest BCUT2D eigenvalue weighted by atomic mass is 35.5. The largest absolute Gasteiger partial charge is 0.339 e. The Hall–Kier alpha value is -1.11. The number of carbonyl (C=O) groups is 2. The number of hydrogen-bond donors (Lipinski definition) is 0. The van der Waals surface area contributed by atoms with Crippen molar-refractivity contribution in [3.63, 3.8) is 0 Å². The molecule has 2 saturated heterocycles. The number of hydrogen-bond acceptors (Lipinski definition) is 4. The van der Waals surface area contributed by atoms with Crippen LogP contribution in [0.2, 0.25) is 5.02 Å². The Morgan fingerprint density at radius 1 is 1.12 bits per heavy atom. The molecule has 1 aromatic rings. The summed E-state index contributed by atoms with van der Waals surface area (Å²) in [7, 11) is 0. The quantitative estimate of drug-likeness (QED) is 0.754. The first-order chi connectivity index (χ1) is 11.6. The Balaban J connectivity index is 1.64. The second-order valence-electron chi connectivity index (χ2n) is 5.65. The lowest BCUT2D eigenvalue weighted by Crippen LogP contribution is -2.50. The van der Waals surface area contributed by atoms with Gasteiger partial charge in [-0.15, -0.1) is 11.8 Å². The average molecular weight is 383 g/mol. The van der Waals surface area contributed by atoms with Crippen molar-refractivity contribution in [3.8, 4) is 0 Å². The predicted octanol–water partition coefficient (Wildman–Crippen LogP) is 2.83. The van der Waals surface area contributed by atoms with Crippen molar-refractivity contribution < 1.29 is 9.59 Å². The Morgan fingerprint density at radius 2 is 1.83 bits per heavy atom. The van der Waals surface area contributed by atoms with E-state index >= 15 is 0 Å².